The normalized spacial score (nSPS) is 23.8. The molecule has 0 bridgehead atoms. The minimum absolute atomic E-state index is 0.225. The first kappa shape index (κ1) is 55.1. The Morgan fingerprint density at radius 3 is 1.41 bits per heavy atom. The monoisotopic (exact) mass is 852 g/mol. The van der Waals surface area contributed by atoms with Crippen LogP contribution in [0.4, 0.5) is 0 Å². The van der Waals surface area contributed by atoms with Gasteiger partial charge in [0.25, 0.3) is 0 Å². The fraction of sp³-hybridized carbons (Fsp3) is 0.932. The summed E-state index contributed by atoms with van der Waals surface area (Å²) in [6.45, 7) is 3.77. The number of phosphoric acid groups is 1. The van der Waals surface area contributed by atoms with Crippen LogP contribution < -0.4 is 5.32 Å². The maximum absolute atomic E-state index is 13.0. The van der Waals surface area contributed by atoms with Gasteiger partial charge in [0.05, 0.1) is 31.3 Å². The van der Waals surface area contributed by atoms with Crippen molar-refractivity contribution >= 4 is 13.7 Å². The van der Waals surface area contributed by atoms with Crippen molar-refractivity contribution in [2.75, 3.05) is 6.61 Å². The minimum Gasteiger partial charge on any atom is -0.393 e. The van der Waals surface area contributed by atoms with Crippen LogP contribution in [0.15, 0.2) is 12.2 Å². The van der Waals surface area contributed by atoms with Crippen LogP contribution in [0.2, 0.25) is 0 Å². The summed E-state index contributed by atoms with van der Waals surface area (Å²) in [5, 5.41) is 74.5. The summed E-state index contributed by atoms with van der Waals surface area (Å²) < 4.78 is 22.9. The van der Waals surface area contributed by atoms with Crippen LogP contribution in [0.3, 0.4) is 0 Å². The molecular weight excluding hydrogens is 765 g/mol. The Labute approximate surface area is 351 Å². The molecule has 0 spiro atoms. The van der Waals surface area contributed by atoms with Crippen LogP contribution in [0.1, 0.15) is 200 Å². The van der Waals surface area contributed by atoms with Crippen molar-refractivity contribution in [3.05, 3.63) is 12.2 Å². The SMILES string of the molecule is CCCCCCCC/C=C\CCCCCCCC(O)CC(=O)NC(COP(=O)(O)OC1C(O)C(O)C(O)C(O)C1O)C(O)CCCCCCCCCCCCCCC. The predicted octanol–water partition coefficient (Wildman–Crippen LogP) is 7.42. The number of rotatable bonds is 38. The molecule has 8 atom stereocenters. The Morgan fingerprint density at radius 1 is 0.586 bits per heavy atom. The van der Waals surface area contributed by atoms with Crippen LogP contribution in [0.25, 0.3) is 0 Å². The fourth-order valence-corrected chi connectivity index (χ4v) is 8.50. The lowest BCUT2D eigenvalue weighted by Gasteiger charge is -2.41. The number of carbonyl (C=O) groups excluding carboxylic acids is 1. The summed E-state index contributed by atoms with van der Waals surface area (Å²) in [6, 6.07) is -1.15. The molecule has 1 aliphatic carbocycles. The molecule has 8 unspecified atom stereocenters. The number of carbonyl (C=O) groups is 1. The van der Waals surface area contributed by atoms with Crippen molar-refractivity contribution in [2.45, 2.75) is 255 Å². The van der Waals surface area contributed by atoms with Gasteiger partial charge in [-0.15, -0.1) is 0 Å². The number of allylic oxidation sites excluding steroid dienone is 2. The van der Waals surface area contributed by atoms with E-state index in [2.05, 4.69) is 31.3 Å². The largest absolute Gasteiger partial charge is 0.472 e. The van der Waals surface area contributed by atoms with Gasteiger partial charge in [0.2, 0.25) is 5.91 Å². The minimum atomic E-state index is -5.11. The van der Waals surface area contributed by atoms with Gasteiger partial charge in [0, 0.05) is 0 Å². The van der Waals surface area contributed by atoms with Gasteiger partial charge in [-0.25, -0.2) is 4.57 Å². The first-order valence-electron chi connectivity index (χ1n) is 23.2. The fourth-order valence-electron chi connectivity index (χ4n) is 7.53. The standard InChI is InChI=1S/C44H86NO12P/c1-3-5-7-9-11-13-15-17-18-20-21-23-25-27-29-31-35(46)33-38(48)45-36(37(47)32-30-28-26-24-22-19-16-14-12-10-8-6-4-2)34-56-58(54,55)57-44-42(52)40(50)39(49)41(51)43(44)53/h17-18,35-37,39-44,46-47,49-53H,3-16,19-34H2,1-2H3,(H,45,48)(H,54,55)/b18-17-. The number of aliphatic hydroxyl groups is 7. The van der Waals surface area contributed by atoms with E-state index in [0.29, 0.717) is 12.8 Å². The predicted molar refractivity (Wildman–Crippen MR) is 229 cm³/mol. The Bertz CT molecular complexity index is 1050. The van der Waals surface area contributed by atoms with E-state index in [4.69, 9.17) is 9.05 Å². The highest BCUT2D eigenvalue weighted by atomic mass is 31.2. The van der Waals surface area contributed by atoms with Crippen LogP contribution >= 0.6 is 7.82 Å². The number of hydrogen-bond acceptors (Lipinski definition) is 11. The summed E-state index contributed by atoms with van der Waals surface area (Å²) in [7, 11) is -5.11. The van der Waals surface area contributed by atoms with Crippen LogP contribution in [0, 0.1) is 0 Å². The van der Waals surface area contributed by atoms with Crippen molar-refractivity contribution in [1.82, 2.24) is 5.32 Å². The molecule has 1 amide bonds. The summed E-state index contributed by atoms with van der Waals surface area (Å²) in [4.78, 5) is 23.4. The molecule has 1 saturated carbocycles. The van der Waals surface area contributed by atoms with Gasteiger partial charge in [0.15, 0.2) is 0 Å². The number of nitrogens with one attached hydrogen (secondary N) is 1. The highest BCUT2D eigenvalue weighted by Gasteiger charge is 2.51. The van der Waals surface area contributed by atoms with E-state index >= 15 is 0 Å². The average Bonchev–Trinajstić information content (AvgIpc) is 3.19. The number of aliphatic hydroxyl groups excluding tert-OH is 7. The third kappa shape index (κ3) is 26.4. The summed E-state index contributed by atoms with van der Waals surface area (Å²) in [5.74, 6) is -0.565. The molecule has 0 aliphatic heterocycles. The molecule has 1 fully saturated rings. The maximum Gasteiger partial charge on any atom is 0.472 e. The van der Waals surface area contributed by atoms with E-state index in [1.165, 1.54) is 89.9 Å². The van der Waals surface area contributed by atoms with E-state index in [0.717, 1.165) is 70.6 Å². The molecule has 9 N–H and O–H groups in total. The molecule has 0 aromatic carbocycles. The van der Waals surface area contributed by atoms with Crippen molar-refractivity contribution in [1.29, 1.82) is 0 Å². The molecule has 14 heteroatoms. The molecule has 1 rings (SSSR count). The van der Waals surface area contributed by atoms with Crippen LogP contribution in [0.5, 0.6) is 0 Å². The summed E-state index contributed by atoms with van der Waals surface area (Å²) >= 11 is 0. The van der Waals surface area contributed by atoms with Gasteiger partial charge in [-0.3, -0.25) is 13.8 Å². The second kappa shape index (κ2) is 34.6. The number of unbranched alkanes of at least 4 members (excludes halogenated alkanes) is 23. The van der Waals surface area contributed by atoms with Gasteiger partial charge in [0.1, 0.15) is 36.6 Å². The van der Waals surface area contributed by atoms with Crippen molar-refractivity contribution in [3.63, 3.8) is 0 Å². The maximum atomic E-state index is 13.0. The quantitative estimate of drug-likeness (QED) is 0.0168. The van der Waals surface area contributed by atoms with E-state index in [1.54, 1.807) is 0 Å². The lowest BCUT2D eigenvalue weighted by molar-refractivity contribution is -0.220. The molecule has 344 valence electrons. The van der Waals surface area contributed by atoms with Crippen LogP contribution in [-0.2, 0) is 18.4 Å². The molecule has 13 nitrogen and oxygen atoms in total. The first-order chi connectivity index (χ1) is 27.8. The van der Waals surface area contributed by atoms with Crippen molar-refractivity contribution < 1.29 is 59.0 Å². The zero-order valence-electron chi connectivity index (χ0n) is 36.2. The van der Waals surface area contributed by atoms with Gasteiger partial charge in [-0.1, -0.05) is 167 Å². The highest BCUT2D eigenvalue weighted by molar-refractivity contribution is 7.47. The Balaban J connectivity index is 2.53. The molecule has 0 saturated heterocycles. The molecule has 1 aliphatic rings. The molecule has 0 radical (unpaired) electrons. The summed E-state index contributed by atoms with van der Waals surface area (Å²) in [5.41, 5.74) is 0. The van der Waals surface area contributed by atoms with E-state index in [9.17, 15) is 50.0 Å². The van der Waals surface area contributed by atoms with E-state index < -0.39 is 75.2 Å². The second-order valence-electron chi connectivity index (χ2n) is 16.8. The molecule has 0 aromatic rings. The smallest absolute Gasteiger partial charge is 0.393 e. The van der Waals surface area contributed by atoms with Crippen molar-refractivity contribution in [2.24, 2.45) is 0 Å². The number of phosphoric ester groups is 1. The third-order valence-corrected chi connectivity index (χ3v) is 12.4. The van der Waals surface area contributed by atoms with E-state index in [1.807, 2.05) is 0 Å². The average molecular weight is 852 g/mol. The topological polar surface area (TPSA) is 226 Å². The lowest BCUT2D eigenvalue weighted by Crippen LogP contribution is -2.64. The van der Waals surface area contributed by atoms with Gasteiger partial charge >= 0.3 is 7.82 Å². The third-order valence-electron chi connectivity index (χ3n) is 11.4. The zero-order valence-corrected chi connectivity index (χ0v) is 37.1. The highest BCUT2D eigenvalue weighted by Crippen LogP contribution is 2.47. The van der Waals surface area contributed by atoms with Crippen molar-refractivity contribution in [3.8, 4) is 0 Å². The number of amides is 1. The van der Waals surface area contributed by atoms with Gasteiger partial charge < -0.3 is 46.0 Å². The summed E-state index contributed by atoms with van der Waals surface area (Å²) in [6.07, 6.45) is 21.2. The van der Waals surface area contributed by atoms with Crippen LogP contribution in [-0.4, -0.2) is 108 Å². The Kier molecular flexibility index (Phi) is 32.9. The molecular formula is C44H86NO12P. The zero-order chi connectivity index (χ0) is 43.0. The molecule has 58 heavy (non-hydrogen) atoms. The van der Waals surface area contributed by atoms with Gasteiger partial charge in [-0.2, -0.15) is 0 Å². The first-order valence-corrected chi connectivity index (χ1v) is 24.7. The molecule has 0 aromatic heterocycles. The molecule has 0 heterocycles. The van der Waals surface area contributed by atoms with Gasteiger partial charge in [-0.05, 0) is 38.5 Å². The Hall–Kier alpha value is -0.960. The number of hydrogen-bond donors (Lipinski definition) is 9. The Morgan fingerprint density at radius 2 is 0.966 bits per heavy atom. The lowest BCUT2D eigenvalue weighted by atomic mass is 9.85. The second-order valence-corrected chi connectivity index (χ2v) is 18.2. The van der Waals surface area contributed by atoms with E-state index in [-0.39, 0.29) is 12.8 Å².